The first-order valence-electron chi connectivity index (χ1n) is 11.0. The number of ketones is 1. The van der Waals surface area contributed by atoms with Crippen molar-refractivity contribution in [2.75, 3.05) is 7.11 Å². The molecule has 148 valence electrons. The van der Waals surface area contributed by atoms with Crippen LogP contribution >= 0.6 is 0 Å². The summed E-state index contributed by atoms with van der Waals surface area (Å²) < 4.78 is 5.24. The van der Waals surface area contributed by atoms with E-state index in [1.165, 1.54) is 38.5 Å². The van der Waals surface area contributed by atoms with Gasteiger partial charge in [0.2, 0.25) is 0 Å². The molecule has 0 aromatic heterocycles. The average molecular weight is 363 g/mol. The van der Waals surface area contributed by atoms with Crippen molar-refractivity contribution in [3.05, 3.63) is 0 Å². The van der Waals surface area contributed by atoms with E-state index < -0.39 is 6.29 Å². The van der Waals surface area contributed by atoms with Crippen molar-refractivity contribution in [1.29, 1.82) is 0 Å². The number of carbonyl (C=O) groups excluding carboxylic acids is 1. The number of hydrogen-bond acceptors (Lipinski definition) is 3. The molecule has 0 aromatic rings. The minimum absolute atomic E-state index is 0.264. The van der Waals surface area contributed by atoms with Crippen LogP contribution in [0.4, 0.5) is 0 Å². The highest BCUT2D eigenvalue weighted by Crippen LogP contribution is 2.67. The summed E-state index contributed by atoms with van der Waals surface area (Å²) in [6, 6.07) is 0. The first kappa shape index (κ1) is 18.9. The van der Waals surface area contributed by atoms with Gasteiger partial charge in [-0.15, -0.1) is 0 Å². The predicted molar refractivity (Wildman–Crippen MR) is 102 cm³/mol. The summed E-state index contributed by atoms with van der Waals surface area (Å²) in [6.45, 7) is 6.82. The molecule has 0 bridgehead atoms. The van der Waals surface area contributed by atoms with Crippen molar-refractivity contribution >= 4 is 5.78 Å². The maximum absolute atomic E-state index is 12.3. The Morgan fingerprint density at radius 3 is 2.38 bits per heavy atom. The van der Waals surface area contributed by atoms with Gasteiger partial charge in [-0.3, -0.25) is 4.79 Å². The van der Waals surface area contributed by atoms with Gasteiger partial charge in [-0.25, -0.2) is 0 Å². The third-order valence-electron chi connectivity index (χ3n) is 9.84. The van der Waals surface area contributed by atoms with Crippen LogP contribution in [0.25, 0.3) is 0 Å². The lowest BCUT2D eigenvalue weighted by molar-refractivity contribution is -0.164. The number of ether oxygens (including phenoxy) is 1. The van der Waals surface area contributed by atoms with Crippen molar-refractivity contribution in [3.63, 3.8) is 0 Å². The number of carbonyl (C=O) groups is 1. The van der Waals surface area contributed by atoms with Crippen LogP contribution < -0.4 is 0 Å². The molecule has 0 aromatic carbocycles. The van der Waals surface area contributed by atoms with Crippen molar-refractivity contribution in [1.82, 2.24) is 0 Å². The highest BCUT2D eigenvalue weighted by molar-refractivity contribution is 5.79. The Morgan fingerprint density at radius 1 is 1.00 bits per heavy atom. The van der Waals surface area contributed by atoms with E-state index in [1.807, 2.05) is 6.92 Å². The summed E-state index contributed by atoms with van der Waals surface area (Å²) in [5.41, 5.74) is 0.697. The third kappa shape index (κ3) is 2.64. The summed E-state index contributed by atoms with van der Waals surface area (Å²) >= 11 is 0. The van der Waals surface area contributed by atoms with Gasteiger partial charge >= 0.3 is 0 Å². The summed E-state index contributed by atoms with van der Waals surface area (Å²) in [5.74, 6) is 4.21. The molecule has 1 N–H and O–H groups in total. The van der Waals surface area contributed by atoms with Gasteiger partial charge in [0.05, 0.1) is 0 Å². The second-order valence-corrected chi connectivity index (χ2v) is 10.6. The zero-order valence-electron chi connectivity index (χ0n) is 17.2. The Hall–Kier alpha value is -0.410. The molecule has 4 fully saturated rings. The lowest BCUT2D eigenvalue weighted by Gasteiger charge is -2.61. The lowest BCUT2D eigenvalue weighted by atomic mass is 9.44. The number of aliphatic hydroxyl groups is 1. The van der Waals surface area contributed by atoms with Crippen LogP contribution in [0.2, 0.25) is 0 Å². The molecule has 0 spiro atoms. The van der Waals surface area contributed by atoms with Crippen molar-refractivity contribution < 1.29 is 14.6 Å². The van der Waals surface area contributed by atoms with E-state index in [0.29, 0.717) is 23.0 Å². The average Bonchev–Trinajstić information content (AvgIpc) is 2.97. The molecule has 0 heterocycles. The van der Waals surface area contributed by atoms with Crippen molar-refractivity contribution in [3.8, 4) is 0 Å². The smallest absolute Gasteiger partial charge is 0.156 e. The fraction of sp³-hybridized carbons (Fsp3) is 0.957. The predicted octanol–water partition coefficient (Wildman–Crippen LogP) is 4.82. The second-order valence-electron chi connectivity index (χ2n) is 10.6. The van der Waals surface area contributed by atoms with Crippen molar-refractivity contribution in [2.24, 2.45) is 46.3 Å². The second kappa shape index (κ2) is 6.58. The van der Waals surface area contributed by atoms with Gasteiger partial charge in [0, 0.05) is 18.9 Å². The zero-order chi connectivity index (χ0) is 18.7. The molecule has 3 heteroatoms. The zero-order valence-corrected chi connectivity index (χ0v) is 17.2. The molecule has 4 aliphatic rings. The molecule has 3 nitrogen and oxygen atoms in total. The van der Waals surface area contributed by atoms with Crippen LogP contribution in [0.1, 0.15) is 78.6 Å². The SMILES string of the molecule is COC(O)[C@H]1CC[C@@]2(C)[C@@H](CC[C@@H]3[C@@H]2CC[C@]2(C)[C@@H](C(C)=O)CC[C@@H]32)C1. The van der Waals surface area contributed by atoms with Crippen LogP contribution in [0.3, 0.4) is 0 Å². The van der Waals surface area contributed by atoms with E-state index in [1.54, 1.807) is 7.11 Å². The summed E-state index contributed by atoms with van der Waals surface area (Å²) in [7, 11) is 1.63. The van der Waals surface area contributed by atoms with E-state index >= 15 is 0 Å². The Balaban J connectivity index is 1.55. The summed E-state index contributed by atoms with van der Waals surface area (Å²) in [4.78, 5) is 12.3. The fourth-order valence-electron chi connectivity index (χ4n) is 8.41. The van der Waals surface area contributed by atoms with E-state index in [0.717, 1.165) is 42.9 Å². The standard InChI is InChI=1S/C23H38O3/c1-14(24)18-7-8-19-17-6-5-16-13-15(21(25)26-4)9-11-22(16,2)20(17)10-12-23(18,19)3/h15-21,25H,5-13H2,1-4H3/t15-,16-,17-,18+,19-,20-,21?,22-,23+/m0/s1. The number of fused-ring (bicyclic) bond motifs is 5. The summed E-state index contributed by atoms with van der Waals surface area (Å²) in [6.07, 6.45) is 10.5. The number of hydrogen-bond donors (Lipinski definition) is 1. The van der Waals surface area contributed by atoms with Gasteiger partial charge < -0.3 is 9.84 Å². The fourth-order valence-corrected chi connectivity index (χ4v) is 8.41. The number of methoxy groups -OCH3 is 1. The van der Waals surface area contributed by atoms with Gasteiger partial charge in [0.25, 0.3) is 0 Å². The molecule has 9 atom stereocenters. The van der Waals surface area contributed by atoms with Crippen LogP contribution in [0, 0.1) is 46.3 Å². The molecule has 4 aliphatic carbocycles. The molecule has 1 unspecified atom stereocenters. The van der Waals surface area contributed by atoms with Crippen molar-refractivity contribution in [2.45, 2.75) is 84.8 Å². The van der Waals surface area contributed by atoms with Gasteiger partial charge in [-0.1, -0.05) is 13.8 Å². The van der Waals surface area contributed by atoms with Gasteiger partial charge in [0.15, 0.2) is 6.29 Å². The third-order valence-corrected chi connectivity index (χ3v) is 9.84. The molecule has 0 radical (unpaired) electrons. The van der Waals surface area contributed by atoms with Gasteiger partial charge in [0.1, 0.15) is 5.78 Å². The van der Waals surface area contributed by atoms with E-state index in [2.05, 4.69) is 13.8 Å². The minimum atomic E-state index is -0.585. The minimum Gasteiger partial charge on any atom is -0.368 e. The molecule has 26 heavy (non-hydrogen) atoms. The van der Waals surface area contributed by atoms with Crippen LogP contribution in [-0.2, 0) is 9.53 Å². The largest absolute Gasteiger partial charge is 0.368 e. The maximum atomic E-state index is 12.3. The normalized spacial score (nSPS) is 51.9. The first-order chi connectivity index (χ1) is 12.3. The van der Waals surface area contributed by atoms with Crippen LogP contribution in [0.15, 0.2) is 0 Å². The van der Waals surface area contributed by atoms with E-state index in [9.17, 15) is 9.90 Å². The Labute approximate surface area is 159 Å². The molecule has 0 amide bonds. The van der Waals surface area contributed by atoms with Gasteiger partial charge in [-0.2, -0.15) is 0 Å². The van der Waals surface area contributed by atoms with Crippen LogP contribution in [-0.4, -0.2) is 24.3 Å². The van der Waals surface area contributed by atoms with E-state index in [4.69, 9.17) is 4.74 Å². The van der Waals surface area contributed by atoms with E-state index in [-0.39, 0.29) is 5.41 Å². The highest BCUT2D eigenvalue weighted by atomic mass is 16.6. The summed E-state index contributed by atoms with van der Waals surface area (Å²) in [5, 5.41) is 10.2. The number of rotatable bonds is 3. The van der Waals surface area contributed by atoms with Crippen LogP contribution in [0.5, 0.6) is 0 Å². The molecule has 4 saturated carbocycles. The topological polar surface area (TPSA) is 46.5 Å². The molecular weight excluding hydrogens is 324 g/mol. The lowest BCUT2D eigenvalue weighted by Crippen LogP contribution is -2.54. The quantitative estimate of drug-likeness (QED) is 0.733. The number of Topliss-reactive ketones (excluding diaryl/α,β-unsaturated/α-hetero) is 1. The number of aliphatic hydroxyl groups excluding tert-OH is 1. The first-order valence-corrected chi connectivity index (χ1v) is 11.0. The molecular formula is C23H38O3. The molecule has 0 saturated heterocycles. The van der Waals surface area contributed by atoms with Gasteiger partial charge in [-0.05, 0) is 99.2 Å². The molecule has 4 rings (SSSR count). The Kier molecular flexibility index (Phi) is 4.79. The monoisotopic (exact) mass is 362 g/mol. The maximum Gasteiger partial charge on any atom is 0.156 e. The highest BCUT2D eigenvalue weighted by Gasteiger charge is 2.60. The molecule has 0 aliphatic heterocycles. The Morgan fingerprint density at radius 2 is 1.69 bits per heavy atom. The Bertz CT molecular complexity index is 560.